The Kier molecular flexibility index (Phi) is 4.00. The van der Waals surface area contributed by atoms with Crippen molar-refractivity contribution in [2.75, 3.05) is 10.3 Å². The van der Waals surface area contributed by atoms with Gasteiger partial charge in [0, 0.05) is 19.0 Å². The van der Waals surface area contributed by atoms with Gasteiger partial charge in [-0.15, -0.1) is 0 Å². The first kappa shape index (κ1) is 14.4. The number of carbonyl (C=O) groups excluding carboxylic acids is 1. The molecule has 2 aromatic rings. The number of hydrogen-bond donors (Lipinski definition) is 1. The number of para-hydroxylation sites is 2. The van der Waals surface area contributed by atoms with Crippen LogP contribution in [0.5, 0.6) is 0 Å². The Bertz CT molecular complexity index is 629. The van der Waals surface area contributed by atoms with Crippen molar-refractivity contribution in [2.45, 2.75) is 32.5 Å². The molecule has 1 amide bonds. The summed E-state index contributed by atoms with van der Waals surface area (Å²) in [6.07, 6.45) is 0.846. The van der Waals surface area contributed by atoms with Crippen LogP contribution in [0.25, 0.3) is 0 Å². The number of amides is 1. The van der Waals surface area contributed by atoms with Crippen molar-refractivity contribution < 1.29 is 4.79 Å². The van der Waals surface area contributed by atoms with E-state index >= 15 is 0 Å². The van der Waals surface area contributed by atoms with E-state index in [1.54, 1.807) is 6.92 Å². The molecule has 2 unspecified atom stereocenters. The van der Waals surface area contributed by atoms with Crippen molar-refractivity contribution in [3.05, 3.63) is 60.7 Å². The highest BCUT2D eigenvalue weighted by Crippen LogP contribution is 2.31. The maximum atomic E-state index is 12.2. The predicted octanol–water partition coefficient (Wildman–Crippen LogP) is 3.49. The van der Waals surface area contributed by atoms with E-state index in [4.69, 9.17) is 0 Å². The summed E-state index contributed by atoms with van der Waals surface area (Å²) in [4.78, 5) is 12.2. The van der Waals surface area contributed by atoms with E-state index in [-0.39, 0.29) is 18.1 Å². The molecule has 3 rings (SSSR count). The highest BCUT2D eigenvalue weighted by atomic mass is 16.2. The molecule has 1 aliphatic rings. The van der Waals surface area contributed by atoms with Crippen molar-refractivity contribution in [1.29, 1.82) is 0 Å². The van der Waals surface area contributed by atoms with Gasteiger partial charge in [0.25, 0.3) is 0 Å². The van der Waals surface area contributed by atoms with Crippen LogP contribution in [0.4, 0.5) is 11.4 Å². The molecular weight excluding hydrogens is 274 g/mol. The van der Waals surface area contributed by atoms with Crippen molar-refractivity contribution in [3.8, 4) is 0 Å². The van der Waals surface area contributed by atoms with Gasteiger partial charge in [-0.1, -0.05) is 36.4 Å². The van der Waals surface area contributed by atoms with Crippen molar-refractivity contribution in [3.63, 3.8) is 0 Å². The molecule has 1 fully saturated rings. The van der Waals surface area contributed by atoms with Gasteiger partial charge in [0.2, 0.25) is 5.91 Å². The summed E-state index contributed by atoms with van der Waals surface area (Å²) in [6, 6.07) is 20.3. The zero-order valence-electron chi connectivity index (χ0n) is 12.9. The molecule has 1 N–H and O–H groups in total. The minimum absolute atomic E-state index is 0.0323. The smallest absolute Gasteiger partial charge is 0.239 e. The van der Waals surface area contributed by atoms with Gasteiger partial charge in [-0.05, 0) is 31.2 Å². The second-order valence-corrected chi connectivity index (χ2v) is 5.65. The summed E-state index contributed by atoms with van der Waals surface area (Å²) >= 11 is 0. The first-order valence-corrected chi connectivity index (χ1v) is 7.62. The van der Waals surface area contributed by atoms with Crippen molar-refractivity contribution in [1.82, 2.24) is 5.01 Å². The third-order valence-corrected chi connectivity index (χ3v) is 3.96. The first-order valence-electron chi connectivity index (χ1n) is 7.62. The molecule has 0 saturated carbocycles. The van der Waals surface area contributed by atoms with Gasteiger partial charge >= 0.3 is 0 Å². The second kappa shape index (κ2) is 6.10. The van der Waals surface area contributed by atoms with E-state index < -0.39 is 0 Å². The minimum atomic E-state index is -0.0323. The molecule has 0 bridgehead atoms. The summed E-state index contributed by atoms with van der Waals surface area (Å²) in [5.41, 5.74) is 2.07. The second-order valence-electron chi connectivity index (χ2n) is 5.65. The van der Waals surface area contributed by atoms with Crippen LogP contribution >= 0.6 is 0 Å². The fraction of sp³-hybridized carbons (Fsp3) is 0.278. The van der Waals surface area contributed by atoms with E-state index in [1.165, 1.54) is 0 Å². The highest BCUT2D eigenvalue weighted by Gasteiger charge is 2.38. The van der Waals surface area contributed by atoms with Gasteiger partial charge in [-0.3, -0.25) is 9.80 Å². The summed E-state index contributed by atoms with van der Waals surface area (Å²) in [6.45, 7) is 3.77. The fourth-order valence-corrected chi connectivity index (χ4v) is 3.06. The quantitative estimate of drug-likeness (QED) is 0.941. The van der Waals surface area contributed by atoms with Crippen molar-refractivity contribution >= 4 is 17.3 Å². The molecule has 4 heteroatoms. The SMILES string of the molecule is CC(=O)N1C(Nc2ccccc2)CC(C)N1c1ccccc1. The molecule has 0 aliphatic carbocycles. The molecular formula is C18H21N3O. The standard InChI is InChI=1S/C18H21N3O/c1-14-13-18(19-16-9-5-3-6-10-16)21(15(2)22)20(14)17-11-7-4-8-12-17/h3-12,14,18-19H,13H2,1-2H3. The van der Waals surface area contributed by atoms with Gasteiger partial charge in [0.1, 0.15) is 6.17 Å². The monoisotopic (exact) mass is 295 g/mol. The Morgan fingerprint density at radius 3 is 2.23 bits per heavy atom. The fourth-order valence-electron chi connectivity index (χ4n) is 3.06. The minimum Gasteiger partial charge on any atom is -0.364 e. The molecule has 114 valence electrons. The Hall–Kier alpha value is -2.49. The normalized spacial score (nSPS) is 21.0. The van der Waals surface area contributed by atoms with E-state index in [9.17, 15) is 4.79 Å². The summed E-state index contributed by atoms with van der Waals surface area (Å²) < 4.78 is 0. The Morgan fingerprint density at radius 1 is 1.05 bits per heavy atom. The van der Waals surface area contributed by atoms with Crippen LogP contribution < -0.4 is 10.3 Å². The molecule has 1 heterocycles. The van der Waals surface area contributed by atoms with E-state index in [2.05, 4.69) is 17.2 Å². The topological polar surface area (TPSA) is 35.6 Å². The largest absolute Gasteiger partial charge is 0.364 e. The summed E-state index contributed by atoms with van der Waals surface area (Å²) in [5, 5.41) is 7.38. The molecule has 2 aromatic carbocycles. The van der Waals surface area contributed by atoms with Gasteiger partial charge in [-0.25, -0.2) is 5.01 Å². The maximum Gasteiger partial charge on any atom is 0.239 e. The zero-order valence-corrected chi connectivity index (χ0v) is 12.9. The molecule has 1 saturated heterocycles. The molecule has 4 nitrogen and oxygen atoms in total. The van der Waals surface area contributed by atoms with Crippen molar-refractivity contribution in [2.24, 2.45) is 0 Å². The molecule has 0 aromatic heterocycles. The van der Waals surface area contributed by atoms with E-state index in [1.807, 2.05) is 65.7 Å². The zero-order chi connectivity index (χ0) is 15.5. The van der Waals surface area contributed by atoms with Crippen LogP contribution in [0.3, 0.4) is 0 Å². The average molecular weight is 295 g/mol. The van der Waals surface area contributed by atoms with Gasteiger partial charge in [-0.2, -0.15) is 0 Å². The van der Waals surface area contributed by atoms with E-state index in [0.717, 1.165) is 17.8 Å². The number of anilines is 2. The number of nitrogens with one attached hydrogen (secondary N) is 1. The van der Waals surface area contributed by atoms with Gasteiger partial charge in [0.15, 0.2) is 0 Å². The molecule has 0 radical (unpaired) electrons. The Balaban J connectivity index is 1.88. The third-order valence-electron chi connectivity index (χ3n) is 3.96. The van der Waals surface area contributed by atoms with Crippen LogP contribution in [0.1, 0.15) is 20.3 Å². The average Bonchev–Trinajstić information content (AvgIpc) is 2.85. The summed E-state index contributed by atoms with van der Waals surface area (Å²) in [5.74, 6) is 0.0432. The van der Waals surface area contributed by atoms with Gasteiger partial charge in [0.05, 0.1) is 11.7 Å². The Morgan fingerprint density at radius 2 is 1.64 bits per heavy atom. The van der Waals surface area contributed by atoms with E-state index in [0.29, 0.717) is 0 Å². The number of carbonyl (C=O) groups is 1. The third kappa shape index (κ3) is 2.77. The lowest BCUT2D eigenvalue weighted by molar-refractivity contribution is -0.129. The highest BCUT2D eigenvalue weighted by molar-refractivity contribution is 5.77. The molecule has 2 atom stereocenters. The number of hydrogen-bond acceptors (Lipinski definition) is 3. The Labute approximate surface area is 131 Å². The van der Waals surface area contributed by atoms with Crippen LogP contribution in [-0.4, -0.2) is 23.1 Å². The van der Waals surface area contributed by atoms with Gasteiger partial charge < -0.3 is 5.32 Å². The first-order chi connectivity index (χ1) is 10.7. The van der Waals surface area contributed by atoms with Crippen LogP contribution in [0, 0.1) is 0 Å². The number of benzene rings is 2. The number of nitrogens with zero attached hydrogens (tertiary/aromatic N) is 2. The molecule has 22 heavy (non-hydrogen) atoms. The lowest BCUT2D eigenvalue weighted by Gasteiger charge is -2.35. The van der Waals surface area contributed by atoms with Crippen LogP contribution in [0.15, 0.2) is 60.7 Å². The lowest BCUT2D eigenvalue weighted by Crippen LogP contribution is -2.48. The maximum absolute atomic E-state index is 12.2. The molecule has 1 aliphatic heterocycles. The van der Waals surface area contributed by atoms with Crippen LogP contribution in [0.2, 0.25) is 0 Å². The van der Waals surface area contributed by atoms with Crippen LogP contribution in [-0.2, 0) is 4.79 Å². The predicted molar refractivity (Wildman–Crippen MR) is 89.4 cm³/mol. The number of rotatable bonds is 3. The summed E-state index contributed by atoms with van der Waals surface area (Å²) in [7, 11) is 0. The number of hydrazine groups is 1. The molecule has 0 spiro atoms. The lowest BCUT2D eigenvalue weighted by atomic mass is 10.2.